The second-order valence-corrected chi connectivity index (χ2v) is 9.66. The number of hydrogen-bond donors (Lipinski definition) is 0. The molecule has 2 nitrogen and oxygen atoms in total. The number of carbonyl (C=O) groups is 2. The Labute approximate surface area is 140 Å². The van der Waals surface area contributed by atoms with Crippen LogP contribution in [0.2, 0.25) is 0 Å². The smallest absolute Gasteiger partial charge is 0.137 e. The van der Waals surface area contributed by atoms with Crippen LogP contribution in [0.25, 0.3) is 0 Å². The van der Waals surface area contributed by atoms with Crippen LogP contribution >= 0.6 is 0 Å². The first kappa shape index (κ1) is 15.8. The van der Waals surface area contributed by atoms with Crippen molar-refractivity contribution in [1.82, 2.24) is 0 Å². The summed E-state index contributed by atoms with van der Waals surface area (Å²) >= 11 is 0. The largest absolute Gasteiger partial charge is 0.300 e. The van der Waals surface area contributed by atoms with Crippen LogP contribution in [-0.4, -0.2) is 11.6 Å². The third-order valence-electron chi connectivity index (χ3n) is 8.76. The van der Waals surface area contributed by atoms with Crippen LogP contribution in [0.5, 0.6) is 0 Å². The molecule has 0 amide bonds. The maximum absolute atomic E-state index is 13.3. The van der Waals surface area contributed by atoms with Crippen molar-refractivity contribution >= 4 is 11.6 Å². The van der Waals surface area contributed by atoms with Gasteiger partial charge in [-0.2, -0.15) is 0 Å². The SMILES string of the molecule is CC(=O)[C@@H]1CC[C@@H]2[C@@H]3CC[C@H]4CCCC[C@]4(C)[C@H]3C(=O)C[C@]21C. The first-order valence-electron chi connectivity index (χ1n) is 9.91. The van der Waals surface area contributed by atoms with E-state index in [0.717, 1.165) is 12.3 Å². The molecule has 0 radical (unpaired) electrons. The molecule has 0 aliphatic heterocycles. The molecule has 0 N–H and O–H groups in total. The molecular weight excluding hydrogens is 284 g/mol. The van der Waals surface area contributed by atoms with Gasteiger partial charge in [-0.3, -0.25) is 9.59 Å². The van der Waals surface area contributed by atoms with E-state index in [4.69, 9.17) is 0 Å². The second kappa shape index (κ2) is 5.17. The molecule has 23 heavy (non-hydrogen) atoms. The van der Waals surface area contributed by atoms with E-state index in [9.17, 15) is 9.59 Å². The normalized spacial score (nSPS) is 52.5. The average Bonchev–Trinajstić information content (AvgIpc) is 2.82. The lowest BCUT2D eigenvalue weighted by Gasteiger charge is -2.59. The van der Waals surface area contributed by atoms with Gasteiger partial charge in [-0.1, -0.05) is 26.7 Å². The number of hydrogen-bond acceptors (Lipinski definition) is 2. The van der Waals surface area contributed by atoms with E-state index in [0.29, 0.717) is 35.7 Å². The zero-order chi connectivity index (χ0) is 16.4. The van der Waals surface area contributed by atoms with Crippen molar-refractivity contribution in [2.45, 2.75) is 78.6 Å². The minimum Gasteiger partial charge on any atom is -0.300 e. The molecule has 0 spiro atoms. The monoisotopic (exact) mass is 316 g/mol. The van der Waals surface area contributed by atoms with Crippen LogP contribution in [0.15, 0.2) is 0 Å². The fourth-order valence-electron chi connectivity index (χ4n) is 7.78. The molecule has 0 aromatic carbocycles. The maximum atomic E-state index is 13.3. The van der Waals surface area contributed by atoms with Crippen LogP contribution in [0, 0.1) is 40.4 Å². The van der Waals surface area contributed by atoms with Gasteiger partial charge in [-0.25, -0.2) is 0 Å². The molecule has 4 aliphatic rings. The van der Waals surface area contributed by atoms with Crippen LogP contribution in [0.1, 0.15) is 78.6 Å². The van der Waals surface area contributed by atoms with Crippen LogP contribution in [-0.2, 0) is 9.59 Å². The predicted octanol–water partition coefficient (Wildman–Crippen LogP) is 4.80. The summed E-state index contributed by atoms with van der Waals surface area (Å²) in [6.45, 7) is 6.44. The van der Waals surface area contributed by atoms with E-state index in [-0.39, 0.29) is 16.7 Å². The molecular formula is C21H32O2. The first-order chi connectivity index (χ1) is 10.9. The van der Waals surface area contributed by atoms with Gasteiger partial charge in [0.05, 0.1) is 0 Å². The first-order valence-corrected chi connectivity index (χ1v) is 9.91. The molecule has 7 atom stereocenters. The Morgan fingerprint density at radius 3 is 2.52 bits per heavy atom. The van der Waals surface area contributed by atoms with E-state index in [1.54, 1.807) is 6.92 Å². The van der Waals surface area contributed by atoms with Crippen molar-refractivity contribution in [3.63, 3.8) is 0 Å². The Morgan fingerprint density at radius 2 is 1.78 bits per heavy atom. The van der Waals surface area contributed by atoms with E-state index >= 15 is 0 Å². The molecule has 2 heteroatoms. The Bertz CT molecular complexity index is 538. The van der Waals surface area contributed by atoms with Crippen molar-refractivity contribution in [1.29, 1.82) is 0 Å². The third-order valence-corrected chi connectivity index (χ3v) is 8.76. The Kier molecular flexibility index (Phi) is 3.56. The quantitative estimate of drug-likeness (QED) is 0.696. The Balaban J connectivity index is 1.70. The summed E-state index contributed by atoms with van der Waals surface area (Å²) in [7, 11) is 0. The summed E-state index contributed by atoms with van der Waals surface area (Å²) in [5.74, 6) is 3.20. The number of Topliss-reactive ketones (excluding diaryl/α,β-unsaturated/α-hetero) is 2. The summed E-state index contributed by atoms with van der Waals surface area (Å²) in [4.78, 5) is 25.4. The van der Waals surface area contributed by atoms with E-state index in [1.165, 1.54) is 44.9 Å². The lowest BCUT2D eigenvalue weighted by atomic mass is 9.44. The number of rotatable bonds is 1. The fraction of sp³-hybridized carbons (Fsp3) is 0.905. The minimum atomic E-state index is -0.0397. The van der Waals surface area contributed by atoms with Gasteiger partial charge in [0.25, 0.3) is 0 Å². The number of fused-ring (bicyclic) bond motifs is 5. The summed E-state index contributed by atoms with van der Waals surface area (Å²) < 4.78 is 0. The average molecular weight is 316 g/mol. The van der Waals surface area contributed by atoms with Crippen molar-refractivity contribution < 1.29 is 9.59 Å². The van der Waals surface area contributed by atoms with Crippen molar-refractivity contribution in [2.24, 2.45) is 40.4 Å². The molecule has 0 bridgehead atoms. The predicted molar refractivity (Wildman–Crippen MR) is 90.9 cm³/mol. The third kappa shape index (κ3) is 2.05. The van der Waals surface area contributed by atoms with Crippen molar-refractivity contribution in [3.8, 4) is 0 Å². The van der Waals surface area contributed by atoms with Crippen molar-refractivity contribution in [3.05, 3.63) is 0 Å². The van der Waals surface area contributed by atoms with Gasteiger partial charge in [-0.15, -0.1) is 0 Å². The zero-order valence-electron chi connectivity index (χ0n) is 15.1. The summed E-state index contributed by atoms with van der Waals surface area (Å²) in [6.07, 6.45) is 10.7. The lowest BCUT2D eigenvalue weighted by Crippen LogP contribution is -2.57. The van der Waals surface area contributed by atoms with Gasteiger partial charge < -0.3 is 0 Å². The highest BCUT2D eigenvalue weighted by molar-refractivity contribution is 5.87. The molecule has 0 heterocycles. The molecule has 0 unspecified atom stereocenters. The van der Waals surface area contributed by atoms with Gasteiger partial charge in [0, 0.05) is 18.3 Å². The van der Waals surface area contributed by atoms with Crippen LogP contribution in [0.4, 0.5) is 0 Å². The summed E-state index contributed by atoms with van der Waals surface area (Å²) in [6, 6.07) is 0. The van der Waals surface area contributed by atoms with Crippen LogP contribution < -0.4 is 0 Å². The maximum Gasteiger partial charge on any atom is 0.137 e. The molecule has 4 fully saturated rings. The number of ketones is 2. The van der Waals surface area contributed by atoms with Gasteiger partial charge in [0.2, 0.25) is 0 Å². The molecule has 128 valence electrons. The Hall–Kier alpha value is -0.660. The zero-order valence-corrected chi connectivity index (χ0v) is 15.1. The van der Waals surface area contributed by atoms with Gasteiger partial charge in [0.15, 0.2) is 0 Å². The molecule has 4 rings (SSSR count). The molecule has 4 aliphatic carbocycles. The summed E-state index contributed by atoms with van der Waals surface area (Å²) in [5, 5.41) is 0. The lowest BCUT2D eigenvalue weighted by molar-refractivity contribution is -0.158. The molecule has 0 aromatic heterocycles. The van der Waals surface area contributed by atoms with E-state index < -0.39 is 0 Å². The highest BCUT2D eigenvalue weighted by Gasteiger charge is 2.63. The fourth-order valence-corrected chi connectivity index (χ4v) is 7.78. The van der Waals surface area contributed by atoms with Gasteiger partial charge >= 0.3 is 0 Å². The molecule has 4 saturated carbocycles. The van der Waals surface area contributed by atoms with Gasteiger partial charge in [-0.05, 0) is 74.0 Å². The second-order valence-electron chi connectivity index (χ2n) is 9.66. The van der Waals surface area contributed by atoms with Crippen LogP contribution in [0.3, 0.4) is 0 Å². The topological polar surface area (TPSA) is 34.1 Å². The van der Waals surface area contributed by atoms with E-state index in [2.05, 4.69) is 13.8 Å². The number of carbonyl (C=O) groups excluding carboxylic acids is 2. The van der Waals surface area contributed by atoms with E-state index in [1.807, 2.05) is 0 Å². The summed E-state index contributed by atoms with van der Waals surface area (Å²) in [5.41, 5.74) is 0.218. The highest BCUT2D eigenvalue weighted by Crippen LogP contribution is 2.66. The molecule has 0 saturated heterocycles. The van der Waals surface area contributed by atoms with Crippen molar-refractivity contribution in [2.75, 3.05) is 0 Å². The Morgan fingerprint density at radius 1 is 1.00 bits per heavy atom. The van der Waals surface area contributed by atoms with Gasteiger partial charge in [0.1, 0.15) is 11.6 Å². The highest BCUT2D eigenvalue weighted by atomic mass is 16.1. The minimum absolute atomic E-state index is 0.0397. The molecule has 0 aromatic rings. The standard InChI is InChI=1S/C21H32O2/c1-13(22)16-9-10-17-15-8-7-14-6-4-5-11-20(14,2)19(15)18(23)12-21(16,17)3/h14-17,19H,4-12H2,1-3H3/t14-,15+,16+,17-,19-,20+,21+/m1/s1.